The summed E-state index contributed by atoms with van der Waals surface area (Å²) in [4.78, 5) is -2.16. The zero-order valence-corrected chi connectivity index (χ0v) is 31.3. The Morgan fingerprint density at radius 1 is 0.411 bits per heavy atom. The van der Waals surface area contributed by atoms with Crippen molar-refractivity contribution in [3.63, 3.8) is 0 Å². The molecule has 22 heteroatoms. The summed E-state index contributed by atoms with van der Waals surface area (Å²) in [5.41, 5.74) is 11.7. The minimum atomic E-state index is -4.94. The fourth-order valence-electron chi connectivity index (χ4n) is 5.62. The number of benzene rings is 6. The molecular formula is C34H26N6O12S4. The molecule has 6 aromatic rings. The molecule has 0 aliphatic heterocycles. The van der Waals surface area contributed by atoms with E-state index in [-0.39, 0.29) is 66.8 Å². The van der Waals surface area contributed by atoms with Crippen molar-refractivity contribution in [3.8, 4) is 0 Å². The highest BCUT2D eigenvalue weighted by atomic mass is 32.2. The lowest BCUT2D eigenvalue weighted by atomic mass is 10.1. The molecule has 6 aromatic carbocycles. The van der Waals surface area contributed by atoms with Crippen molar-refractivity contribution in [2.45, 2.75) is 19.6 Å². The van der Waals surface area contributed by atoms with Crippen LogP contribution in [0.5, 0.6) is 0 Å². The van der Waals surface area contributed by atoms with Crippen LogP contribution in [-0.2, 0) is 40.5 Å². The lowest BCUT2D eigenvalue weighted by molar-refractivity contribution is 0.480. The van der Waals surface area contributed by atoms with Crippen LogP contribution < -0.4 is 11.5 Å². The third kappa shape index (κ3) is 8.31. The summed E-state index contributed by atoms with van der Waals surface area (Å²) in [5, 5.41) is 16.7. The highest BCUT2D eigenvalue weighted by Crippen LogP contribution is 2.38. The standard InChI is InChI=1S/C34H26N6O12S4/c35-27-15-13-23-25(3-1-5-29(23)53(41,42)43)33(27)39-37-21-11-9-19(31(17-21)55(47,48)49)7-8-20-10-12-22(18-32(20)56(50,51)52)38-40-34-26-4-2-6-30(54(44,45)46)24(26)14-16-28(34)36/h1-18H,35-36H2,(H,41,42,43)(H,44,45,46)(H,47,48,49)(H,50,51,52)/b8-7+,39-37?,40-38?. The van der Waals surface area contributed by atoms with Crippen molar-refractivity contribution in [3.05, 3.63) is 108 Å². The van der Waals surface area contributed by atoms with Gasteiger partial charge in [0.2, 0.25) is 0 Å². The lowest BCUT2D eigenvalue weighted by Gasteiger charge is -2.09. The quantitative estimate of drug-likeness (QED) is 0.0345. The Kier molecular flexibility index (Phi) is 10.3. The number of nitrogens with zero attached hydrogens (tertiary/aromatic N) is 4. The normalized spacial score (nSPS) is 13.1. The van der Waals surface area contributed by atoms with E-state index in [1.54, 1.807) is 0 Å². The van der Waals surface area contributed by atoms with Gasteiger partial charge in [-0.3, -0.25) is 18.2 Å². The molecule has 8 N–H and O–H groups in total. The second kappa shape index (κ2) is 14.6. The Bertz CT molecular complexity index is 2960. The number of rotatable bonds is 10. The molecule has 0 radical (unpaired) electrons. The monoisotopic (exact) mass is 838 g/mol. The maximum atomic E-state index is 12.4. The van der Waals surface area contributed by atoms with Gasteiger partial charge in [-0.15, -0.1) is 10.2 Å². The number of nitrogens with two attached hydrogens (primary N) is 2. The molecule has 18 nitrogen and oxygen atoms in total. The predicted molar refractivity (Wildman–Crippen MR) is 206 cm³/mol. The van der Waals surface area contributed by atoms with Gasteiger partial charge < -0.3 is 11.5 Å². The van der Waals surface area contributed by atoms with Crippen LogP contribution in [0, 0.1) is 0 Å². The zero-order valence-electron chi connectivity index (χ0n) is 28.0. The third-order valence-electron chi connectivity index (χ3n) is 8.13. The van der Waals surface area contributed by atoms with E-state index in [0.29, 0.717) is 0 Å². The summed E-state index contributed by atoms with van der Waals surface area (Å²) >= 11 is 0. The molecule has 0 saturated carbocycles. The second-order valence-corrected chi connectivity index (χ2v) is 17.3. The molecule has 56 heavy (non-hydrogen) atoms. The molecule has 0 fully saturated rings. The van der Waals surface area contributed by atoms with Crippen molar-refractivity contribution >= 4 is 108 Å². The van der Waals surface area contributed by atoms with Gasteiger partial charge in [0.25, 0.3) is 40.5 Å². The van der Waals surface area contributed by atoms with Gasteiger partial charge in [-0.1, -0.05) is 60.7 Å². The zero-order chi connectivity index (χ0) is 40.8. The first-order chi connectivity index (χ1) is 26.1. The van der Waals surface area contributed by atoms with Crippen LogP contribution >= 0.6 is 0 Å². The van der Waals surface area contributed by atoms with Crippen LogP contribution in [-0.4, -0.2) is 51.9 Å². The molecule has 0 amide bonds. The van der Waals surface area contributed by atoms with Crippen LogP contribution in [0.3, 0.4) is 0 Å². The number of anilines is 2. The van der Waals surface area contributed by atoms with Crippen LogP contribution in [0.15, 0.2) is 137 Å². The summed E-state index contributed by atoms with van der Waals surface area (Å²) in [6.07, 6.45) is 2.27. The molecule has 6 rings (SSSR count). The maximum absolute atomic E-state index is 12.4. The first-order valence-electron chi connectivity index (χ1n) is 15.4. The van der Waals surface area contributed by atoms with Gasteiger partial charge in [-0.05, 0) is 59.7 Å². The average molecular weight is 839 g/mol. The molecule has 0 bridgehead atoms. The first kappa shape index (κ1) is 39.7. The number of nitrogen functional groups attached to an aromatic ring is 2. The third-order valence-corrected chi connectivity index (χ3v) is 11.8. The van der Waals surface area contributed by atoms with Crippen molar-refractivity contribution in [2.75, 3.05) is 11.5 Å². The second-order valence-electron chi connectivity index (χ2n) is 11.8. The van der Waals surface area contributed by atoms with Gasteiger partial charge in [-0.2, -0.15) is 43.9 Å². The first-order valence-corrected chi connectivity index (χ1v) is 21.2. The van der Waals surface area contributed by atoms with Crippen LogP contribution in [0.25, 0.3) is 33.7 Å². The summed E-state index contributed by atoms with van der Waals surface area (Å²) in [6, 6.07) is 20.4. The van der Waals surface area contributed by atoms with Gasteiger partial charge in [0.15, 0.2) is 0 Å². The van der Waals surface area contributed by atoms with E-state index in [0.717, 1.165) is 24.3 Å². The van der Waals surface area contributed by atoms with Gasteiger partial charge in [0.05, 0.1) is 22.7 Å². The van der Waals surface area contributed by atoms with Gasteiger partial charge >= 0.3 is 0 Å². The SMILES string of the molecule is Nc1ccc2c(S(=O)(=O)O)cccc2c1N=Nc1ccc(/C=C/c2ccc(N=Nc3c(N)ccc4c(S(=O)(=O)O)cccc34)cc2S(=O)(=O)O)c(S(=O)(=O)O)c1. The summed E-state index contributed by atoms with van der Waals surface area (Å²) in [5.74, 6) is 0. The largest absolute Gasteiger partial charge is 0.397 e. The topological polar surface area (TPSA) is 319 Å². The molecule has 0 atom stereocenters. The number of hydrogen-bond acceptors (Lipinski definition) is 14. The van der Waals surface area contributed by atoms with E-state index in [1.165, 1.54) is 84.9 Å². The van der Waals surface area contributed by atoms with Crippen molar-refractivity contribution in [1.29, 1.82) is 0 Å². The van der Waals surface area contributed by atoms with E-state index in [2.05, 4.69) is 20.5 Å². The minimum Gasteiger partial charge on any atom is -0.397 e. The van der Waals surface area contributed by atoms with Crippen LogP contribution in [0.4, 0.5) is 34.1 Å². The molecule has 0 aliphatic rings. The molecule has 0 saturated heterocycles. The molecular weight excluding hydrogens is 813 g/mol. The Morgan fingerprint density at radius 3 is 1.11 bits per heavy atom. The molecule has 288 valence electrons. The number of azo groups is 2. The Balaban J connectivity index is 1.35. The van der Waals surface area contributed by atoms with Crippen molar-refractivity contribution < 1.29 is 51.9 Å². The molecule has 0 aromatic heterocycles. The maximum Gasteiger partial charge on any atom is 0.295 e. The van der Waals surface area contributed by atoms with E-state index < -0.39 is 60.1 Å². The van der Waals surface area contributed by atoms with Gasteiger partial charge in [0, 0.05) is 21.5 Å². The fraction of sp³-hybridized carbons (Fsp3) is 0. The van der Waals surface area contributed by atoms with Gasteiger partial charge in [-0.25, -0.2) is 0 Å². The number of fused-ring (bicyclic) bond motifs is 2. The van der Waals surface area contributed by atoms with E-state index >= 15 is 0 Å². The van der Waals surface area contributed by atoms with Crippen LogP contribution in [0.2, 0.25) is 0 Å². The summed E-state index contributed by atoms with van der Waals surface area (Å²) in [6.45, 7) is 0. The van der Waals surface area contributed by atoms with Crippen molar-refractivity contribution in [2.24, 2.45) is 20.5 Å². The van der Waals surface area contributed by atoms with E-state index in [1.807, 2.05) is 0 Å². The highest BCUT2D eigenvalue weighted by Gasteiger charge is 2.20. The minimum absolute atomic E-state index is 0.00187. The summed E-state index contributed by atoms with van der Waals surface area (Å²) in [7, 11) is -19.1. The van der Waals surface area contributed by atoms with E-state index in [9.17, 15) is 51.9 Å². The van der Waals surface area contributed by atoms with Crippen molar-refractivity contribution in [1.82, 2.24) is 0 Å². The molecule has 0 unspecified atom stereocenters. The average Bonchev–Trinajstić information content (AvgIpc) is 3.11. The Morgan fingerprint density at radius 2 is 0.768 bits per heavy atom. The molecule has 0 spiro atoms. The highest BCUT2D eigenvalue weighted by molar-refractivity contribution is 7.86. The smallest absolute Gasteiger partial charge is 0.295 e. The Hall–Kier alpha value is -5.98. The lowest BCUT2D eigenvalue weighted by Crippen LogP contribution is -2.01. The number of hydrogen-bond donors (Lipinski definition) is 6. The predicted octanol–water partition coefficient (Wildman–Crippen LogP) is 7.15. The van der Waals surface area contributed by atoms with E-state index in [4.69, 9.17) is 11.5 Å². The fourth-order valence-corrected chi connectivity index (χ4v) is 8.44. The molecule has 0 heterocycles. The van der Waals surface area contributed by atoms with Crippen LogP contribution in [0.1, 0.15) is 11.1 Å². The Labute approximate surface area is 318 Å². The molecule has 0 aliphatic carbocycles. The van der Waals surface area contributed by atoms with Gasteiger partial charge in [0.1, 0.15) is 31.0 Å². The summed E-state index contributed by atoms with van der Waals surface area (Å²) < 4.78 is 137.